The Bertz CT molecular complexity index is 1640. The van der Waals surface area contributed by atoms with Crippen molar-refractivity contribution in [2.75, 3.05) is 0 Å². The molecule has 4 atom stereocenters. The molecule has 1 saturated heterocycles. The second kappa shape index (κ2) is 13.2. The normalized spacial score (nSPS) is 20.1. The molecule has 2 amide bonds. The van der Waals surface area contributed by atoms with E-state index in [9.17, 15) is 9.90 Å². The van der Waals surface area contributed by atoms with Gasteiger partial charge in [0.15, 0.2) is 6.29 Å². The van der Waals surface area contributed by atoms with Crippen LogP contribution in [-0.4, -0.2) is 26.8 Å². The molecular formula is C35H36N4O4. The highest BCUT2D eigenvalue weighted by molar-refractivity contribution is 5.75. The molecular weight excluding hydrogens is 540 g/mol. The second-order valence-corrected chi connectivity index (χ2v) is 11.0. The number of hydrogen-bond acceptors (Lipinski definition) is 5. The Labute approximate surface area is 251 Å². The van der Waals surface area contributed by atoms with Crippen molar-refractivity contribution in [1.82, 2.24) is 20.2 Å². The van der Waals surface area contributed by atoms with Gasteiger partial charge in [0.25, 0.3) is 0 Å². The minimum atomic E-state index is -0.574. The number of carbonyl (C=O) groups excluding carboxylic acids is 1. The molecule has 0 unspecified atom stereocenters. The molecule has 220 valence electrons. The number of urea groups is 1. The molecule has 1 aliphatic rings. The first-order valence-electron chi connectivity index (χ1n) is 14.6. The molecule has 1 fully saturated rings. The van der Waals surface area contributed by atoms with E-state index in [0.717, 1.165) is 38.9 Å². The van der Waals surface area contributed by atoms with Crippen molar-refractivity contribution >= 4 is 17.1 Å². The zero-order valence-electron chi connectivity index (χ0n) is 24.1. The van der Waals surface area contributed by atoms with E-state index in [0.29, 0.717) is 19.6 Å². The number of hydrogen-bond donors (Lipinski definition) is 3. The van der Waals surface area contributed by atoms with Crippen molar-refractivity contribution < 1.29 is 19.4 Å². The molecule has 0 spiro atoms. The Balaban J connectivity index is 1.16. The first-order valence-corrected chi connectivity index (χ1v) is 14.6. The van der Waals surface area contributed by atoms with Crippen molar-refractivity contribution in [3.05, 3.63) is 137 Å². The predicted molar refractivity (Wildman–Crippen MR) is 165 cm³/mol. The van der Waals surface area contributed by atoms with Gasteiger partial charge in [-0.25, -0.2) is 9.78 Å². The summed E-state index contributed by atoms with van der Waals surface area (Å²) in [6.45, 7) is 3.66. The molecule has 4 aromatic carbocycles. The minimum absolute atomic E-state index is 0.000681. The lowest BCUT2D eigenvalue weighted by molar-refractivity contribution is -0.276. The van der Waals surface area contributed by atoms with Crippen molar-refractivity contribution in [2.24, 2.45) is 5.92 Å². The van der Waals surface area contributed by atoms with Crippen LogP contribution in [0, 0.1) is 5.92 Å². The number of carbonyl (C=O) groups is 1. The van der Waals surface area contributed by atoms with Crippen LogP contribution in [0.3, 0.4) is 0 Å². The van der Waals surface area contributed by atoms with Gasteiger partial charge in [-0.05, 0) is 34.4 Å². The number of fused-ring (bicyclic) bond motifs is 1. The van der Waals surface area contributed by atoms with Crippen LogP contribution in [-0.2, 0) is 35.7 Å². The quantitative estimate of drug-likeness (QED) is 0.199. The monoisotopic (exact) mass is 576 g/mol. The zero-order chi connectivity index (χ0) is 29.6. The fourth-order valence-electron chi connectivity index (χ4n) is 5.49. The number of nitrogens with one attached hydrogen (secondary N) is 2. The number of aromatic nitrogens is 2. The van der Waals surface area contributed by atoms with Gasteiger partial charge in [-0.2, -0.15) is 0 Å². The SMILES string of the molecule is C[C@H]1[C@@H](Cn2cnc3ccccc32)O[C@@H](c2ccc(CNC(=O)NCc3ccccc3)cc2)O[C@H]1c1ccc(CO)cc1. The Morgan fingerprint density at radius 2 is 1.42 bits per heavy atom. The summed E-state index contributed by atoms with van der Waals surface area (Å²) in [5, 5.41) is 15.3. The van der Waals surface area contributed by atoms with Crippen LogP contribution in [0.2, 0.25) is 0 Å². The van der Waals surface area contributed by atoms with E-state index in [2.05, 4.69) is 33.2 Å². The molecule has 1 aliphatic heterocycles. The molecule has 43 heavy (non-hydrogen) atoms. The lowest BCUT2D eigenvalue weighted by atomic mass is 9.90. The number of benzene rings is 4. The summed E-state index contributed by atoms with van der Waals surface area (Å²) in [4.78, 5) is 16.9. The van der Waals surface area contributed by atoms with Crippen molar-refractivity contribution in [2.45, 2.75) is 51.7 Å². The minimum Gasteiger partial charge on any atom is -0.392 e. The highest BCUT2D eigenvalue weighted by Crippen LogP contribution is 2.42. The second-order valence-electron chi connectivity index (χ2n) is 11.0. The zero-order valence-corrected chi connectivity index (χ0v) is 24.1. The third-order valence-corrected chi connectivity index (χ3v) is 8.03. The maximum atomic E-state index is 12.3. The molecule has 8 heteroatoms. The van der Waals surface area contributed by atoms with E-state index in [1.165, 1.54) is 0 Å². The Hall–Kier alpha value is -4.50. The smallest absolute Gasteiger partial charge is 0.315 e. The topological polar surface area (TPSA) is 97.6 Å². The van der Waals surface area contributed by atoms with E-state index in [4.69, 9.17) is 9.47 Å². The summed E-state index contributed by atoms with van der Waals surface area (Å²) >= 11 is 0. The molecule has 0 saturated carbocycles. The number of amides is 2. The molecule has 8 nitrogen and oxygen atoms in total. The number of aliphatic hydroxyl groups excluding tert-OH is 1. The Morgan fingerprint density at radius 3 is 2.14 bits per heavy atom. The number of para-hydroxylation sites is 2. The van der Waals surface area contributed by atoms with Gasteiger partial charge in [0.2, 0.25) is 0 Å². The maximum absolute atomic E-state index is 12.3. The van der Waals surface area contributed by atoms with Crippen LogP contribution in [0.25, 0.3) is 11.0 Å². The summed E-state index contributed by atoms with van der Waals surface area (Å²) < 4.78 is 15.4. The Kier molecular flexibility index (Phi) is 8.79. The van der Waals surface area contributed by atoms with Crippen molar-refractivity contribution in [1.29, 1.82) is 0 Å². The molecule has 2 heterocycles. The number of imidazole rings is 1. The molecule has 0 aliphatic carbocycles. The molecule has 5 aromatic rings. The van der Waals surface area contributed by atoms with Crippen LogP contribution in [0.4, 0.5) is 4.79 Å². The number of ether oxygens (including phenoxy) is 2. The van der Waals surface area contributed by atoms with Crippen molar-refractivity contribution in [3.63, 3.8) is 0 Å². The first kappa shape index (κ1) is 28.6. The average molecular weight is 577 g/mol. The standard InChI is InChI=1S/C35H36N4O4/c1-24-32(21-39-23-38-30-9-5-6-10-31(30)39)42-34(43-33(24)28-15-13-27(22-40)14-16-28)29-17-11-26(12-18-29)20-37-35(41)36-19-25-7-3-2-4-8-25/h2-18,23-24,32-34,40H,19-22H2,1H3,(H2,36,37,41)/t24-,32+,33+,34+/m0/s1. The average Bonchev–Trinajstić information content (AvgIpc) is 3.47. The molecule has 0 radical (unpaired) electrons. The summed E-state index contributed by atoms with van der Waals surface area (Å²) in [6.07, 6.45) is 0.942. The lowest BCUT2D eigenvalue weighted by Gasteiger charge is -2.41. The largest absolute Gasteiger partial charge is 0.392 e. The van der Waals surface area contributed by atoms with Crippen LogP contribution in [0.1, 0.15) is 47.1 Å². The summed E-state index contributed by atoms with van der Waals surface area (Å²) in [7, 11) is 0. The third-order valence-electron chi connectivity index (χ3n) is 8.03. The van der Waals surface area contributed by atoms with Crippen LogP contribution >= 0.6 is 0 Å². The van der Waals surface area contributed by atoms with Gasteiger partial charge >= 0.3 is 6.03 Å². The molecule has 6 rings (SSSR count). The first-order chi connectivity index (χ1) is 21.1. The summed E-state index contributed by atoms with van der Waals surface area (Å²) in [5.41, 5.74) is 6.84. The van der Waals surface area contributed by atoms with Gasteiger partial charge in [0.05, 0.1) is 42.7 Å². The highest BCUT2D eigenvalue weighted by Gasteiger charge is 2.38. The van der Waals surface area contributed by atoms with E-state index < -0.39 is 6.29 Å². The lowest BCUT2D eigenvalue weighted by Crippen LogP contribution is -2.39. The summed E-state index contributed by atoms with van der Waals surface area (Å²) in [6, 6.07) is 33.6. The van der Waals surface area contributed by atoms with E-state index in [1.807, 2.05) is 103 Å². The van der Waals surface area contributed by atoms with E-state index in [1.54, 1.807) is 0 Å². The third kappa shape index (κ3) is 6.78. The van der Waals surface area contributed by atoms with Crippen LogP contribution < -0.4 is 10.6 Å². The molecule has 3 N–H and O–H groups in total. The number of nitrogens with zero attached hydrogens (tertiary/aromatic N) is 2. The van der Waals surface area contributed by atoms with Gasteiger partial charge in [-0.15, -0.1) is 0 Å². The fraction of sp³-hybridized carbons (Fsp3) is 0.257. The summed E-state index contributed by atoms with van der Waals surface area (Å²) in [5.74, 6) is 0.0512. The van der Waals surface area contributed by atoms with Gasteiger partial charge in [-0.1, -0.05) is 97.9 Å². The number of aliphatic hydroxyl groups is 1. The van der Waals surface area contributed by atoms with Gasteiger partial charge in [0.1, 0.15) is 0 Å². The van der Waals surface area contributed by atoms with E-state index >= 15 is 0 Å². The fourth-order valence-corrected chi connectivity index (χ4v) is 5.49. The molecule has 0 bridgehead atoms. The molecule has 1 aromatic heterocycles. The van der Waals surface area contributed by atoms with Gasteiger partial charge in [0, 0.05) is 24.6 Å². The predicted octanol–water partition coefficient (Wildman–Crippen LogP) is 6.02. The highest BCUT2D eigenvalue weighted by atomic mass is 16.7. The van der Waals surface area contributed by atoms with E-state index in [-0.39, 0.29) is 30.8 Å². The van der Waals surface area contributed by atoms with Crippen LogP contribution in [0.5, 0.6) is 0 Å². The Morgan fingerprint density at radius 1 is 0.791 bits per heavy atom. The van der Waals surface area contributed by atoms with Gasteiger partial charge < -0.3 is 29.8 Å². The van der Waals surface area contributed by atoms with Crippen molar-refractivity contribution in [3.8, 4) is 0 Å². The number of rotatable bonds is 9. The van der Waals surface area contributed by atoms with Gasteiger partial charge in [-0.3, -0.25) is 0 Å². The van der Waals surface area contributed by atoms with Crippen LogP contribution in [0.15, 0.2) is 109 Å². The maximum Gasteiger partial charge on any atom is 0.315 e.